The molecule has 0 aliphatic carbocycles. The van der Waals surface area contributed by atoms with Crippen LogP contribution >= 0.6 is 11.8 Å². The Morgan fingerprint density at radius 3 is 3.05 bits per heavy atom. The number of thioether (sulfide) groups is 1. The molecule has 7 nitrogen and oxygen atoms in total. The third-order valence-electron chi connectivity index (χ3n) is 2.20. The number of nitrogens with zero attached hydrogens (tertiary/aromatic N) is 3. The van der Waals surface area contributed by atoms with Crippen molar-refractivity contribution in [1.82, 2.24) is 14.9 Å². The second kappa shape index (κ2) is 6.15. The van der Waals surface area contributed by atoms with E-state index in [2.05, 4.69) is 15.5 Å². The number of benzene rings is 1. The van der Waals surface area contributed by atoms with E-state index in [-0.39, 0.29) is 16.8 Å². The number of halogens is 1. The summed E-state index contributed by atoms with van der Waals surface area (Å²) in [4.78, 5) is 22.9. The molecule has 0 aliphatic rings. The summed E-state index contributed by atoms with van der Waals surface area (Å²) in [6.07, 6.45) is 0.969. The van der Waals surface area contributed by atoms with Gasteiger partial charge in [0.1, 0.15) is 12.0 Å². The molecule has 1 heterocycles. The zero-order valence-electron chi connectivity index (χ0n) is 10.1. The number of nitrogens with two attached hydrogens (primary N) is 1. The average Bonchev–Trinajstić information content (AvgIpc) is 2.40. The highest BCUT2D eigenvalue weighted by Gasteiger charge is 2.08. The highest BCUT2D eigenvalue weighted by molar-refractivity contribution is 7.99. The molecule has 0 saturated heterocycles. The summed E-state index contributed by atoms with van der Waals surface area (Å²) < 4.78 is 13.7. The minimum absolute atomic E-state index is 0.0359. The Labute approximate surface area is 117 Å². The molecule has 0 spiro atoms. The molecule has 0 saturated carbocycles. The summed E-state index contributed by atoms with van der Waals surface area (Å²) in [5, 5.41) is 9.72. The number of rotatable bonds is 4. The zero-order valence-corrected chi connectivity index (χ0v) is 10.9. The van der Waals surface area contributed by atoms with Crippen molar-refractivity contribution in [3.05, 3.63) is 46.6 Å². The van der Waals surface area contributed by atoms with E-state index in [1.54, 1.807) is 6.07 Å². The smallest absolute Gasteiger partial charge is 0.291 e. The first-order valence-corrected chi connectivity index (χ1v) is 6.43. The molecule has 104 valence electrons. The minimum Gasteiger partial charge on any atom is -0.334 e. The Morgan fingerprint density at radius 2 is 2.30 bits per heavy atom. The van der Waals surface area contributed by atoms with Crippen LogP contribution in [0.4, 0.5) is 10.1 Å². The van der Waals surface area contributed by atoms with Crippen molar-refractivity contribution in [1.29, 1.82) is 0 Å². The lowest BCUT2D eigenvalue weighted by molar-refractivity contribution is -0.113. The molecule has 0 atom stereocenters. The number of nitrogens with one attached hydrogen (secondary N) is 1. The van der Waals surface area contributed by atoms with Gasteiger partial charge in [0.05, 0.1) is 5.75 Å². The fourth-order valence-corrected chi connectivity index (χ4v) is 1.99. The van der Waals surface area contributed by atoms with Crippen molar-refractivity contribution < 1.29 is 9.18 Å². The van der Waals surface area contributed by atoms with Crippen LogP contribution in [-0.2, 0) is 4.79 Å². The summed E-state index contributed by atoms with van der Waals surface area (Å²) in [6, 6.07) is 5.52. The quantitative estimate of drug-likeness (QED) is 0.618. The average molecular weight is 295 g/mol. The van der Waals surface area contributed by atoms with Gasteiger partial charge >= 0.3 is 0 Å². The molecule has 0 fully saturated rings. The van der Waals surface area contributed by atoms with Crippen LogP contribution in [0.3, 0.4) is 0 Å². The second-order valence-electron chi connectivity index (χ2n) is 3.68. The van der Waals surface area contributed by atoms with E-state index >= 15 is 0 Å². The molecule has 1 aromatic heterocycles. The molecule has 1 aromatic carbocycles. The predicted octanol–water partition coefficient (Wildman–Crippen LogP) is 0.222. The van der Waals surface area contributed by atoms with Gasteiger partial charge in [0.25, 0.3) is 5.56 Å². The van der Waals surface area contributed by atoms with E-state index in [9.17, 15) is 14.0 Å². The molecular formula is C11H10FN5O2S. The maximum Gasteiger partial charge on any atom is 0.291 e. The Kier molecular flexibility index (Phi) is 4.31. The van der Waals surface area contributed by atoms with Crippen LogP contribution < -0.4 is 16.7 Å². The van der Waals surface area contributed by atoms with Crippen LogP contribution in [0.2, 0.25) is 0 Å². The number of amides is 1. The summed E-state index contributed by atoms with van der Waals surface area (Å²) in [6.45, 7) is 0. The van der Waals surface area contributed by atoms with Crippen LogP contribution in [-0.4, -0.2) is 26.5 Å². The summed E-state index contributed by atoms with van der Waals surface area (Å²) in [5.41, 5.74) is -0.173. The molecular weight excluding hydrogens is 285 g/mol. The second-order valence-corrected chi connectivity index (χ2v) is 4.63. The van der Waals surface area contributed by atoms with E-state index in [1.807, 2.05) is 0 Å². The van der Waals surface area contributed by atoms with Gasteiger partial charge in [0, 0.05) is 5.69 Å². The molecule has 0 bridgehead atoms. The largest absolute Gasteiger partial charge is 0.334 e. The van der Waals surface area contributed by atoms with E-state index in [1.165, 1.54) is 18.2 Å². The maximum absolute atomic E-state index is 12.9. The first-order valence-electron chi connectivity index (χ1n) is 5.44. The number of carbonyl (C=O) groups excluding carboxylic acids is 1. The Bertz CT molecular complexity index is 691. The number of aromatic nitrogens is 3. The molecule has 0 unspecified atom stereocenters. The van der Waals surface area contributed by atoms with Crippen molar-refractivity contribution in [3.63, 3.8) is 0 Å². The van der Waals surface area contributed by atoms with E-state index < -0.39 is 11.4 Å². The monoisotopic (exact) mass is 295 g/mol. The lowest BCUT2D eigenvalue weighted by Gasteiger charge is -2.06. The SMILES string of the molecule is Nn1c(SCC(=O)Nc2cccc(F)c2)nncc1=O. The first kappa shape index (κ1) is 14.0. The topological polar surface area (TPSA) is 103 Å². The lowest BCUT2D eigenvalue weighted by Crippen LogP contribution is -2.30. The normalized spacial score (nSPS) is 10.2. The van der Waals surface area contributed by atoms with Gasteiger partial charge in [-0.05, 0) is 18.2 Å². The van der Waals surface area contributed by atoms with Crippen molar-refractivity contribution in [2.75, 3.05) is 16.9 Å². The first-order chi connectivity index (χ1) is 9.56. The van der Waals surface area contributed by atoms with E-state index in [4.69, 9.17) is 5.84 Å². The van der Waals surface area contributed by atoms with Gasteiger partial charge in [-0.15, -0.1) is 5.10 Å². The fraction of sp³-hybridized carbons (Fsp3) is 0.0909. The Morgan fingerprint density at radius 1 is 1.50 bits per heavy atom. The van der Waals surface area contributed by atoms with Gasteiger partial charge in [-0.25, -0.2) is 4.39 Å². The summed E-state index contributed by atoms with van der Waals surface area (Å²) >= 11 is 0.951. The van der Waals surface area contributed by atoms with Crippen molar-refractivity contribution in [3.8, 4) is 0 Å². The summed E-state index contributed by atoms with van der Waals surface area (Å²) in [7, 11) is 0. The number of hydrogen-bond acceptors (Lipinski definition) is 6. The zero-order chi connectivity index (χ0) is 14.5. The van der Waals surface area contributed by atoms with Gasteiger partial charge in [-0.1, -0.05) is 17.8 Å². The molecule has 9 heteroatoms. The van der Waals surface area contributed by atoms with Gasteiger partial charge in [0.15, 0.2) is 0 Å². The lowest BCUT2D eigenvalue weighted by atomic mass is 10.3. The van der Waals surface area contributed by atoms with Gasteiger partial charge in [-0.3, -0.25) is 9.59 Å². The maximum atomic E-state index is 12.9. The predicted molar refractivity (Wildman–Crippen MR) is 72.2 cm³/mol. The highest BCUT2D eigenvalue weighted by Crippen LogP contribution is 2.13. The van der Waals surface area contributed by atoms with Gasteiger partial charge < -0.3 is 11.2 Å². The Balaban J connectivity index is 1.96. The van der Waals surface area contributed by atoms with Crippen molar-refractivity contribution >= 4 is 23.4 Å². The van der Waals surface area contributed by atoms with Crippen LogP contribution in [0, 0.1) is 5.82 Å². The number of anilines is 1. The number of hydrogen-bond donors (Lipinski definition) is 2. The molecule has 20 heavy (non-hydrogen) atoms. The molecule has 0 aliphatic heterocycles. The molecule has 0 radical (unpaired) electrons. The number of nitrogen functional groups attached to an aromatic ring is 1. The molecule has 1 amide bonds. The third-order valence-corrected chi connectivity index (χ3v) is 3.14. The van der Waals surface area contributed by atoms with Gasteiger partial charge in [-0.2, -0.15) is 9.77 Å². The van der Waals surface area contributed by atoms with E-state index in [0.29, 0.717) is 5.69 Å². The number of carbonyl (C=O) groups is 1. The van der Waals surface area contributed by atoms with Gasteiger partial charge in [0.2, 0.25) is 11.1 Å². The highest BCUT2D eigenvalue weighted by atomic mass is 32.2. The van der Waals surface area contributed by atoms with Crippen LogP contribution in [0.1, 0.15) is 0 Å². The van der Waals surface area contributed by atoms with Crippen molar-refractivity contribution in [2.24, 2.45) is 0 Å². The Hall–Kier alpha value is -2.42. The fourth-order valence-electron chi connectivity index (χ4n) is 1.32. The van der Waals surface area contributed by atoms with Crippen LogP contribution in [0.5, 0.6) is 0 Å². The minimum atomic E-state index is -0.520. The third kappa shape index (κ3) is 3.54. The molecule has 3 N–H and O–H groups in total. The molecule has 2 rings (SSSR count). The van der Waals surface area contributed by atoms with Crippen LogP contribution in [0.15, 0.2) is 40.4 Å². The standard InChI is InChI=1S/C11H10FN5O2S/c12-7-2-1-3-8(4-7)15-9(18)6-20-11-16-14-5-10(19)17(11)13/h1-5H,6,13H2,(H,15,18). The molecule has 2 aromatic rings. The van der Waals surface area contributed by atoms with E-state index in [0.717, 1.165) is 22.6 Å². The van der Waals surface area contributed by atoms with Crippen molar-refractivity contribution in [2.45, 2.75) is 5.16 Å². The van der Waals surface area contributed by atoms with Crippen LogP contribution in [0.25, 0.3) is 0 Å². The summed E-state index contributed by atoms with van der Waals surface area (Å²) in [5.74, 6) is 4.58.